The van der Waals surface area contributed by atoms with Crippen molar-refractivity contribution in [1.82, 2.24) is 9.13 Å². The van der Waals surface area contributed by atoms with Crippen LogP contribution in [0.5, 0.6) is 0 Å². The molecular weight excluding hydrogens is 484 g/mol. The van der Waals surface area contributed by atoms with Crippen LogP contribution in [0.4, 0.5) is 0 Å². The molecule has 2 heterocycles. The first-order valence-corrected chi connectivity index (χ1v) is 13.7. The van der Waals surface area contributed by atoms with Gasteiger partial charge >= 0.3 is 0 Å². The quantitative estimate of drug-likeness (QED) is 0.223. The highest BCUT2D eigenvalue weighted by Gasteiger charge is 2.17. The molecule has 2 heteroatoms. The minimum atomic E-state index is 1.16. The van der Waals surface area contributed by atoms with Crippen molar-refractivity contribution in [2.75, 3.05) is 0 Å². The van der Waals surface area contributed by atoms with E-state index in [4.69, 9.17) is 0 Å². The summed E-state index contributed by atoms with van der Waals surface area (Å²) in [4.78, 5) is 0. The Hall–Kier alpha value is -5.34. The smallest absolute Gasteiger partial charge is 0.0635 e. The third-order valence-electron chi connectivity index (χ3n) is 7.97. The molecule has 0 aliphatic heterocycles. The lowest BCUT2D eigenvalue weighted by Gasteiger charge is -2.11. The van der Waals surface area contributed by atoms with Gasteiger partial charge in [-0.05, 0) is 64.7 Å². The fourth-order valence-electron chi connectivity index (χ4n) is 6.07. The van der Waals surface area contributed by atoms with Crippen LogP contribution in [0.3, 0.4) is 0 Å². The van der Waals surface area contributed by atoms with Gasteiger partial charge in [0.25, 0.3) is 0 Å². The van der Waals surface area contributed by atoms with E-state index in [1.807, 2.05) is 0 Å². The van der Waals surface area contributed by atoms with Crippen molar-refractivity contribution >= 4 is 32.7 Å². The summed E-state index contributed by atoms with van der Waals surface area (Å²) >= 11 is 0. The second-order valence-corrected chi connectivity index (χ2v) is 10.3. The molecule has 0 unspecified atom stereocenters. The maximum absolute atomic E-state index is 2.42. The lowest BCUT2D eigenvalue weighted by Crippen LogP contribution is -1.95. The van der Waals surface area contributed by atoms with E-state index in [2.05, 4.69) is 167 Å². The van der Waals surface area contributed by atoms with Crippen LogP contribution in [0, 0.1) is 0 Å². The van der Waals surface area contributed by atoms with Crippen molar-refractivity contribution in [2.24, 2.45) is 0 Å². The normalized spacial score (nSPS) is 11.5. The number of fused-ring (bicyclic) bond motifs is 5. The highest BCUT2D eigenvalue weighted by Crippen LogP contribution is 2.38. The van der Waals surface area contributed by atoms with Crippen molar-refractivity contribution in [3.05, 3.63) is 158 Å². The molecule has 0 aliphatic rings. The van der Waals surface area contributed by atoms with Crippen molar-refractivity contribution in [3.8, 4) is 33.6 Å². The molecular formula is C38H26N2. The Morgan fingerprint density at radius 1 is 0.350 bits per heavy atom. The number of hydrogen-bond donors (Lipinski definition) is 0. The van der Waals surface area contributed by atoms with E-state index in [9.17, 15) is 0 Å². The van der Waals surface area contributed by atoms with Gasteiger partial charge in [0, 0.05) is 33.7 Å². The molecule has 2 nitrogen and oxygen atoms in total. The first-order chi connectivity index (χ1) is 19.8. The van der Waals surface area contributed by atoms with Crippen LogP contribution in [0.1, 0.15) is 0 Å². The van der Waals surface area contributed by atoms with E-state index < -0.39 is 0 Å². The molecule has 0 fully saturated rings. The van der Waals surface area contributed by atoms with Crippen LogP contribution < -0.4 is 0 Å². The Kier molecular flexibility index (Phi) is 5.17. The molecule has 6 aromatic carbocycles. The van der Waals surface area contributed by atoms with Gasteiger partial charge in [-0.1, -0.05) is 109 Å². The molecule has 0 N–H and O–H groups in total. The summed E-state index contributed by atoms with van der Waals surface area (Å²) in [7, 11) is 0. The minimum Gasteiger partial charge on any atom is -0.316 e. The standard InChI is InChI=1S/C38H26N2/c1-3-10-27(11-4-1)29-18-20-31(21-19-29)40-37-17-8-7-16-33(37)34-22-23-36-35(38(34)40)24-25-39(36)32-15-9-14-30(26-32)28-12-5-2-6-13-28/h1-26H. The maximum atomic E-state index is 2.42. The van der Waals surface area contributed by atoms with Crippen molar-refractivity contribution in [1.29, 1.82) is 0 Å². The van der Waals surface area contributed by atoms with Crippen LogP contribution in [0.2, 0.25) is 0 Å². The second kappa shape index (κ2) is 9.14. The minimum absolute atomic E-state index is 1.16. The van der Waals surface area contributed by atoms with Crippen LogP contribution in [0.15, 0.2) is 158 Å². The molecule has 0 saturated carbocycles. The van der Waals surface area contributed by atoms with E-state index in [1.165, 1.54) is 55.0 Å². The van der Waals surface area contributed by atoms with E-state index in [-0.39, 0.29) is 0 Å². The van der Waals surface area contributed by atoms with Crippen LogP contribution >= 0.6 is 0 Å². The Morgan fingerprint density at radius 3 is 1.77 bits per heavy atom. The largest absolute Gasteiger partial charge is 0.316 e. The molecule has 40 heavy (non-hydrogen) atoms. The molecule has 8 aromatic rings. The molecule has 0 atom stereocenters. The fraction of sp³-hybridized carbons (Fsp3) is 0. The van der Waals surface area contributed by atoms with E-state index in [1.54, 1.807) is 0 Å². The number of nitrogens with zero attached hydrogens (tertiary/aromatic N) is 2. The molecule has 0 spiro atoms. The zero-order chi connectivity index (χ0) is 26.5. The van der Waals surface area contributed by atoms with Crippen molar-refractivity contribution < 1.29 is 0 Å². The summed E-state index contributed by atoms with van der Waals surface area (Å²) in [6.45, 7) is 0. The SMILES string of the molecule is c1ccc(-c2ccc(-n3c4ccccc4c4ccc5c(ccn5-c5cccc(-c6ccccc6)c5)c43)cc2)cc1. The van der Waals surface area contributed by atoms with Gasteiger partial charge in [-0.15, -0.1) is 0 Å². The van der Waals surface area contributed by atoms with Gasteiger partial charge in [-0.25, -0.2) is 0 Å². The van der Waals surface area contributed by atoms with Gasteiger partial charge in [-0.2, -0.15) is 0 Å². The zero-order valence-electron chi connectivity index (χ0n) is 21.9. The van der Waals surface area contributed by atoms with Crippen LogP contribution in [-0.4, -0.2) is 9.13 Å². The predicted octanol–water partition coefficient (Wildman–Crippen LogP) is 10.1. The van der Waals surface area contributed by atoms with Gasteiger partial charge in [0.05, 0.1) is 16.6 Å². The Labute approximate surface area is 233 Å². The third kappa shape index (κ3) is 3.58. The monoisotopic (exact) mass is 510 g/mol. The highest BCUT2D eigenvalue weighted by molar-refractivity contribution is 6.18. The third-order valence-corrected chi connectivity index (χ3v) is 7.97. The summed E-state index contributed by atoms with van der Waals surface area (Å²) in [5.41, 5.74) is 10.9. The zero-order valence-corrected chi connectivity index (χ0v) is 21.9. The summed E-state index contributed by atoms with van der Waals surface area (Å²) in [6, 6.07) is 54.4. The van der Waals surface area contributed by atoms with Crippen LogP contribution in [-0.2, 0) is 0 Å². The van der Waals surface area contributed by atoms with E-state index in [0.29, 0.717) is 0 Å². The number of benzene rings is 6. The summed E-state index contributed by atoms with van der Waals surface area (Å²) in [5, 5.41) is 3.78. The second-order valence-electron chi connectivity index (χ2n) is 10.3. The Balaban J connectivity index is 1.33. The molecule has 0 amide bonds. The van der Waals surface area contributed by atoms with Crippen LogP contribution in [0.25, 0.3) is 66.3 Å². The number of aromatic nitrogens is 2. The summed E-state index contributed by atoms with van der Waals surface area (Å²) < 4.78 is 4.73. The number of rotatable bonds is 4. The lowest BCUT2D eigenvalue weighted by molar-refractivity contribution is 1.13. The molecule has 0 bridgehead atoms. The van der Waals surface area contributed by atoms with Crippen molar-refractivity contribution in [3.63, 3.8) is 0 Å². The van der Waals surface area contributed by atoms with E-state index >= 15 is 0 Å². The highest BCUT2D eigenvalue weighted by atomic mass is 15.0. The van der Waals surface area contributed by atoms with Gasteiger partial charge in [0.2, 0.25) is 0 Å². The van der Waals surface area contributed by atoms with Gasteiger partial charge < -0.3 is 9.13 Å². The first-order valence-electron chi connectivity index (χ1n) is 13.7. The molecule has 8 rings (SSSR count). The average molecular weight is 511 g/mol. The molecule has 2 aromatic heterocycles. The first kappa shape index (κ1) is 22.6. The fourth-order valence-corrected chi connectivity index (χ4v) is 6.07. The predicted molar refractivity (Wildman–Crippen MR) is 168 cm³/mol. The summed E-state index contributed by atoms with van der Waals surface area (Å²) in [6.07, 6.45) is 2.20. The lowest BCUT2D eigenvalue weighted by atomic mass is 10.1. The molecule has 188 valence electrons. The van der Waals surface area contributed by atoms with Crippen molar-refractivity contribution in [2.45, 2.75) is 0 Å². The number of para-hydroxylation sites is 1. The van der Waals surface area contributed by atoms with E-state index in [0.717, 1.165) is 11.4 Å². The molecule has 0 radical (unpaired) electrons. The Morgan fingerprint density at radius 2 is 1.00 bits per heavy atom. The topological polar surface area (TPSA) is 9.86 Å². The average Bonchev–Trinajstić information content (AvgIpc) is 3.62. The maximum Gasteiger partial charge on any atom is 0.0635 e. The molecule has 0 aliphatic carbocycles. The Bertz CT molecular complexity index is 2130. The van der Waals surface area contributed by atoms with Gasteiger partial charge in [0.1, 0.15) is 0 Å². The van der Waals surface area contributed by atoms with Gasteiger partial charge in [0.15, 0.2) is 0 Å². The molecule has 0 saturated heterocycles. The number of hydrogen-bond acceptors (Lipinski definition) is 0. The van der Waals surface area contributed by atoms with Gasteiger partial charge in [-0.3, -0.25) is 0 Å². The summed E-state index contributed by atoms with van der Waals surface area (Å²) in [5.74, 6) is 0.